The lowest BCUT2D eigenvalue weighted by molar-refractivity contribution is -0.110. The molecule has 0 aliphatic carbocycles. The number of likely N-dealkylation sites (tertiary alicyclic amines) is 1. The molecule has 1 unspecified atom stereocenters. The van der Waals surface area contributed by atoms with Gasteiger partial charge in [-0.25, -0.2) is 0 Å². The zero-order chi connectivity index (χ0) is 9.68. The number of hydrogen-bond donors (Lipinski definition) is 1. The lowest BCUT2D eigenvalue weighted by Gasteiger charge is -2.24. The standard InChI is InChI=1S/C10H20N2O/c1-9(2)12-6-3-4-10(5-7-12)11-8-13/h8-10H,3-7H2,1-2H3,(H,11,13). The molecule has 1 aliphatic heterocycles. The maximum absolute atomic E-state index is 10.3. The Kier molecular flexibility index (Phi) is 4.22. The number of carbonyl (C=O) groups excluding carboxylic acids is 1. The van der Waals surface area contributed by atoms with Crippen molar-refractivity contribution < 1.29 is 4.79 Å². The highest BCUT2D eigenvalue weighted by atomic mass is 16.1. The summed E-state index contributed by atoms with van der Waals surface area (Å²) >= 11 is 0. The van der Waals surface area contributed by atoms with Crippen LogP contribution in [0.25, 0.3) is 0 Å². The van der Waals surface area contributed by atoms with Crippen LogP contribution >= 0.6 is 0 Å². The molecule has 0 bridgehead atoms. The third kappa shape index (κ3) is 3.35. The minimum absolute atomic E-state index is 0.404. The molecular weight excluding hydrogens is 164 g/mol. The average molecular weight is 184 g/mol. The van der Waals surface area contributed by atoms with E-state index in [0.717, 1.165) is 25.8 Å². The molecule has 1 fully saturated rings. The second kappa shape index (κ2) is 5.22. The summed E-state index contributed by atoms with van der Waals surface area (Å²) in [5.41, 5.74) is 0. The van der Waals surface area contributed by atoms with Crippen LogP contribution in [0.15, 0.2) is 0 Å². The first-order valence-electron chi connectivity index (χ1n) is 5.17. The first-order chi connectivity index (χ1) is 6.24. The van der Waals surface area contributed by atoms with Crippen molar-refractivity contribution >= 4 is 6.41 Å². The van der Waals surface area contributed by atoms with Crippen molar-refractivity contribution in [3.05, 3.63) is 0 Å². The molecule has 1 aliphatic rings. The van der Waals surface area contributed by atoms with Crippen LogP contribution in [0.4, 0.5) is 0 Å². The Morgan fingerprint density at radius 1 is 1.38 bits per heavy atom. The molecule has 1 heterocycles. The third-order valence-corrected chi connectivity index (χ3v) is 2.80. The van der Waals surface area contributed by atoms with Crippen molar-refractivity contribution in [3.63, 3.8) is 0 Å². The van der Waals surface area contributed by atoms with Crippen molar-refractivity contribution in [1.29, 1.82) is 0 Å². The largest absolute Gasteiger partial charge is 0.356 e. The van der Waals surface area contributed by atoms with E-state index in [-0.39, 0.29) is 0 Å². The minimum Gasteiger partial charge on any atom is -0.356 e. The van der Waals surface area contributed by atoms with E-state index in [4.69, 9.17) is 0 Å². The minimum atomic E-state index is 0.404. The molecule has 0 spiro atoms. The van der Waals surface area contributed by atoms with Gasteiger partial charge in [0.05, 0.1) is 0 Å². The smallest absolute Gasteiger partial charge is 0.207 e. The van der Waals surface area contributed by atoms with Crippen LogP contribution in [0.5, 0.6) is 0 Å². The van der Waals surface area contributed by atoms with Crippen LogP contribution in [0.3, 0.4) is 0 Å². The van der Waals surface area contributed by atoms with E-state index in [1.165, 1.54) is 13.0 Å². The van der Waals surface area contributed by atoms with Gasteiger partial charge in [0.1, 0.15) is 0 Å². The first-order valence-corrected chi connectivity index (χ1v) is 5.17. The normalized spacial score (nSPS) is 25.6. The van der Waals surface area contributed by atoms with Crippen molar-refractivity contribution in [2.24, 2.45) is 0 Å². The van der Waals surface area contributed by atoms with Gasteiger partial charge in [-0.05, 0) is 39.7 Å². The van der Waals surface area contributed by atoms with E-state index in [0.29, 0.717) is 12.1 Å². The van der Waals surface area contributed by atoms with Gasteiger partial charge < -0.3 is 10.2 Å². The van der Waals surface area contributed by atoms with E-state index in [1.54, 1.807) is 0 Å². The SMILES string of the molecule is CC(C)N1CCCC(NC=O)CC1. The summed E-state index contributed by atoms with van der Waals surface area (Å²) in [6, 6.07) is 1.04. The predicted molar refractivity (Wildman–Crippen MR) is 53.5 cm³/mol. The average Bonchev–Trinajstić information content (AvgIpc) is 2.30. The van der Waals surface area contributed by atoms with Crippen LogP contribution < -0.4 is 5.32 Å². The monoisotopic (exact) mass is 184 g/mol. The van der Waals surface area contributed by atoms with Crippen molar-refractivity contribution in [3.8, 4) is 0 Å². The molecule has 1 atom stereocenters. The van der Waals surface area contributed by atoms with E-state index < -0.39 is 0 Å². The maximum Gasteiger partial charge on any atom is 0.207 e. The highest BCUT2D eigenvalue weighted by Crippen LogP contribution is 2.12. The zero-order valence-electron chi connectivity index (χ0n) is 8.62. The quantitative estimate of drug-likeness (QED) is 0.664. The van der Waals surface area contributed by atoms with Gasteiger partial charge in [0.15, 0.2) is 0 Å². The molecule has 1 rings (SSSR count). The summed E-state index contributed by atoms with van der Waals surface area (Å²) in [7, 11) is 0. The Hall–Kier alpha value is -0.570. The van der Waals surface area contributed by atoms with Crippen LogP contribution in [-0.4, -0.2) is 36.5 Å². The van der Waals surface area contributed by atoms with E-state index in [1.807, 2.05) is 0 Å². The molecule has 13 heavy (non-hydrogen) atoms. The number of amides is 1. The number of rotatable bonds is 3. The van der Waals surface area contributed by atoms with Crippen LogP contribution in [0.1, 0.15) is 33.1 Å². The van der Waals surface area contributed by atoms with Crippen molar-refractivity contribution in [1.82, 2.24) is 10.2 Å². The summed E-state index contributed by atoms with van der Waals surface area (Å²) in [6.07, 6.45) is 4.25. The van der Waals surface area contributed by atoms with Gasteiger partial charge >= 0.3 is 0 Å². The Morgan fingerprint density at radius 3 is 2.77 bits per heavy atom. The molecular formula is C10H20N2O. The maximum atomic E-state index is 10.3. The van der Waals surface area contributed by atoms with Crippen molar-refractivity contribution in [2.75, 3.05) is 13.1 Å². The Balaban J connectivity index is 2.34. The van der Waals surface area contributed by atoms with Gasteiger partial charge in [-0.2, -0.15) is 0 Å². The Labute approximate surface area is 80.5 Å². The second-order valence-electron chi connectivity index (χ2n) is 4.04. The molecule has 3 heteroatoms. The highest BCUT2D eigenvalue weighted by Gasteiger charge is 2.17. The van der Waals surface area contributed by atoms with E-state index in [9.17, 15) is 4.79 Å². The summed E-state index contributed by atoms with van der Waals surface area (Å²) in [4.78, 5) is 12.8. The zero-order valence-corrected chi connectivity index (χ0v) is 8.62. The third-order valence-electron chi connectivity index (χ3n) is 2.80. The topological polar surface area (TPSA) is 32.3 Å². The van der Waals surface area contributed by atoms with Gasteiger partial charge in [-0.15, -0.1) is 0 Å². The summed E-state index contributed by atoms with van der Waals surface area (Å²) in [6.45, 7) is 6.75. The fourth-order valence-electron chi connectivity index (χ4n) is 1.90. The number of hydrogen-bond acceptors (Lipinski definition) is 2. The molecule has 0 aromatic rings. The summed E-state index contributed by atoms with van der Waals surface area (Å²) < 4.78 is 0. The Morgan fingerprint density at radius 2 is 2.15 bits per heavy atom. The van der Waals surface area contributed by atoms with Crippen molar-refractivity contribution in [2.45, 2.75) is 45.2 Å². The molecule has 0 radical (unpaired) electrons. The molecule has 1 amide bonds. The van der Waals surface area contributed by atoms with Crippen LogP contribution in [0.2, 0.25) is 0 Å². The first kappa shape index (κ1) is 10.5. The van der Waals surface area contributed by atoms with Crippen LogP contribution in [-0.2, 0) is 4.79 Å². The Bertz CT molecular complexity index is 159. The highest BCUT2D eigenvalue weighted by molar-refractivity contribution is 5.46. The molecule has 0 saturated carbocycles. The molecule has 3 nitrogen and oxygen atoms in total. The van der Waals surface area contributed by atoms with Gasteiger partial charge in [-0.3, -0.25) is 4.79 Å². The van der Waals surface area contributed by atoms with Crippen LogP contribution in [0, 0.1) is 0 Å². The molecule has 0 aromatic heterocycles. The molecule has 0 aromatic carbocycles. The molecule has 1 saturated heterocycles. The predicted octanol–water partition coefficient (Wildman–Crippen LogP) is 0.995. The lowest BCUT2D eigenvalue weighted by atomic mass is 10.1. The van der Waals surface area contributed by atoms with E-state index in [2.05, 4.69) is 24.1 Å². The number of carbonyl (C=O) groups is 1. The number of nitrogens with one attached hydrogen (secondary N) is 1. The number of nitrogens with zero attached hydrogens (tertiary/aromatic N) is 1. The van der Waals surface area contributed by atoms with Gasteiger partial charge in [0.2, 0.25) is 6.41 Å². The van der Waals surface area contributed by atoms with E-state index >= 15 is 0 Å². The van der Waals surface area contributed by atoms with Gasteiger partial charge in [-0.1, -0.05) is 0 Å². The second-order valence-corrected chi connectivity index (χ2v) is 4.04. The fourth-order valence-corrected chi connectivity index (χ4v) is 1.90. The fraction of sp³-hybridized carbons (Fsp3) is 0.900. The summed E-state index contributed by atoms with van der Waals surface area (Å²) in [5, 5.41) is 2.88. The molecule has 1 N–H and O–H groups in total. The van der Waals surface area contributed by atoms with Gasteiger partial charge in [0.25, 0.3) is 0 Å². The summed E-state index contributed by atoms with van der Waals surface area (Å²) in [5.74, 6) is 0. The van der Waals surface area contributed by atoms with Gasteiger partial charge in [0, 0.05) is 18.6 Å². The molecule has 76 valence electrons. The lowest BCUT2D eigenvalue weighted by Crippen LogP contribution is -2.33.